The van der Waals surface area contributed by atoms with Gasteiger partial charge in [-0.1, -0.05) is 12.1 Å². The minimum Gasteiger partial charge on any atom is -0.264 e. The number of benzene rings is 1. The van der Waals surface area contributed by atoms with Crippen molar-refractivity contribution in [1.82, 2.24) is 9.71 Å². The summed E-state index contributed by atoms with van der Waals surface area (Å²) >= 11 is 3.24. The van der Waals surface area contributed by atoms with E-state index in [-0.39, 0.29) is 11.4 Å². The Morgan fingerprint density at radius 2 is 2.00 bits per heavy atom. The zero-order valence-corrected chi connectivity index (χ0v) is 12.7. The summed E-state index contributed by atoms with van der Waals surface area (Å²) in [7, 11) is -3.53. The van der Waals surface area contributed by atoms with Crippen molar-refractivity contribution in [2.75, 3.05) is 0 Å². The highest BCUT2D eigenvalue weighted by molar-refractivity contribution is 9.10. The number of nitrogens with zero attached hydrogens (tertiary/aromatic N) is 1. The molecule has 0 aliphatic carbocycles. The van der Waals surface area contributed by atoms with E-state index in [1.54, 1.807) is 36.7 Å². The number of hydrogen-bond donors (Lipinski definition) is 1. The van der Waals surface area contributed by atoms with E-state index in [0.29, 0.717) is 4.47 Å². The molecule has 100 valence electrons. The molecule has 1 heterocycles. The van der Waals surface area contributed by atoms with E-state index >= 15 is 0 Å². The summed E-state index contributed by atoms with van der Waals surface area (Å²) < 4.78 is 27.5. The van der Waals surface area contributed by atoms with Crippen LogP contribution in [0.4, 0.5) is 0 Å². The van der Waals surface area contributed by atoms with Crippen molar-refractivity contribution in [3.8, 4) is 0 Å². The molecule has 0 bridgehead atoms. The van der Waals surface area contributed by atoms with Gasteiger partial charge in [0.15, 0.2) is 0 Å². The standard InChI is InChI=1S/C13H13BrN2O2S/c1-10-6-7-15-8-11(10)9-16-19(17,18)13-5-3-2-4-12(13)14/h2-8,16H,9H2,1H3. The Balaban J connectivity index is 2.20. The molecule has 6 heteroatoms. The SMILES string of the molecule is Cc1ccncc1CNS(=O)(=O)c1ccccc1Br. The summed E-state index contributed by atoms with van der Waals surface area (Å²) in [6.07, 6.45) is 3.35. The van der Waals surface area contributed by atoms with Gasteiger partial charge in [0.2, 0.25) is 10.0 Å². The number of hydrogen-bond acceptors (Lipinski definition) is 3. The summed E-state index contributed by atoms with van der Waals surface area (Å²) in [4.78, 5) is 4.23. The largest absolute Gasteiger partial charge is 0.264 e. The third kappa shape index (κ3) is 3.40. The Bertz CT molecular complexity index is 687. The molecule has 1 N–H and O–H groups in total. The lowest BCUT2D eigenvalue weighted by Gasteiger charge is -2.09. The molecule has 0 spiro atoms. The first-order chi connectivity index (χ1) is 9.00. The normalized spacial score (nSPS) is 11.5. The highest BCUT2D eigenvalue weighted by Gasteiger charge is 2.16. The van der Waals surface area contributed by atoms with Crippen LogP contribution in [-0.2, 0) is 16.6 Å². The van der Waals surface area contributed by atoms with Crippen LogP contribution in [0.25, 0.3) is 0 Å². The molecule has 0 aliphatic heterocycles. The maximum Gasteiger partial charge on any atom is 0.241 e. The first-order valence-corrected chi connectivity index (χ1v) is 7.92. The number of pyridine rings is 1. The third-order valence-corrected chi connectivity index (χ3v) is 5.14. The molecular weight excluding hydrogens is 328 g/mol. The van der Waals surface area contributed by atoms with E-state index in [9.17, 15) is 8.42 Å². The van der Waals surface area contributed by atoms with E-state index in [1.807, 2.05) is 13.0 Å². The van der Waals surface area contributed by atoms with Gasteiger partial charge in [0.1, 0.15) is 0 Å². The second-order valence-electron chi connectivity index (χ2n) is 4.06. The fourth-order valence-corrected chi connectivity index (χ4v) is 3.60. The van der Waals surface area contributed by atoms with Crippen LogP contribution in [0.5, 0.6) is 0 Å². The maximum absolute atomic E-state index is 12.2. The van der Waals surface area contributed by atoms with Gasteiger partial charge in [-0.05, 0) is 52.2 Å². The van der Waals surface area contributed by atoms with Crippen LogP contribution in [0.15, 0.2) is 52.1 Å². The van der Waals surface area contributed by atoms with Gasteiger partial charge in [0, 0.05) is 23.4 Å². The van der Waals surface area contributed by atoms with Crippen molar-refractivity contribution in [2.24, 2.45) is 0 Å². The second kappa shape index (κ2) is 5.81. The zero-order chi connectivity index (χ0) is 13.9. The maximum atomic E-state index is 12.2. The summed E-state index contributed by atoms with van der Waals surface area (Å²) in [6.45, 7) is 2.15. The first kappa shape index (κ1) is 14.2. The molecule has 2 rings (SSSR count). The van der Waals surface area contributed by atoms with Crippen molar-refractivity contribution in [1.29, 1.82) is 0 Å². The van der Waals surface area contributed by atoms with Crippen LogP contribution in [0.3, 0.4) is 0 Å². The van der Waals surface area contributed by atoms with Gasteiger partial charge in [0.25, 0.3) is 0 Å². The summed E-state index contributed by atoms with van der Waals surface area (Å²) in [5.41, 5.74) is 1.86. The molecule has 1 aromatic heterocycles. The van der Waals surface area contributed by atoms with Gasteiger partial charge in [0.05, 0.1) is 4.90 Å². The van der Waals surface area contributed by atoms with Gasteiger partial charge in [-0.3, -0.25) is 4.98 Å². The Morgan fingerprint density at radius 3 is 2.68 bits per heavy atom. The molecule has 0 saturated heterocycles. The lowest BCUT2D eigenvalue weighted by atomic mass is 10.2. The third-order valence-electron chi connectivity index (χ3n) is 2.73. The van der Waals surface area contributed by atoms with Gasteiger partial charge in [-0.25, -0.2) is 13.1 Å². The zero-order valence-electron chi connectivity index (χ0n) is 10.3. The van der Waals surface area contributed by atoms with Crippen LogP contribution in [0, 0.1) is 6.92 Å². The molecule has 4 nitrogen and oxygen atoms in total. The van der Waals surface area contributed by atoms with E-state index < -0.39 is 10.0 Å². The molecule has 0 aliphatic rings. The first-order valence-electron chi connectivity index (χ1n) is 5.64. The predicted octanol–water partition coefficient (Wildman–Crippen LogP) is 2.63. The van der Waals surface area contributed by atoms with Crippen LogP contribution >= 0.6 is 15.9 Å². The van der Waals surface area contributed by atoms with E-state index in [1.165, 1.54) is 0 Å². The molecule has 2 aromatic rings. The minimum atomic E-state index is -3.53. The molecule has 19 heavy (non-hydrogen) atoms. The van der Waals surface area contributed by atoms with Crippen LogP contribution in [0.2, 0.25) is 0 Å². The number of nitrogens with one attached hydrogen (secondary N) is 1. The summed E-state index contributed by atoms with van der Waals surface area (Å²) in [5, 5.41) is 0. The predicted molar refractivity (Wildman–Crippen MR) is 77.1 cm³/mol. The molecule has 1 aromatic carbocycles. The highest BCUT2D eigenvalue weighted by Crippen LogP contribution is 2.21. The van der Waals surface area contributed by atoms with E-state index in [2.05, 4.69) is 25.6 Å². The number of halogens is 1. The Hall–Kier alpha value is -1.24. The minimum absolute atomic E-state index is 0.226. The van der Waals surface area contributed by atoms with Crippen molar-refractivity contribution >= 4 is 26.0 Å². The van der Waals surface area contributed by atoms with E-state index in [4.69, 9.17) is 0 Å². The highest BCUT2D eigenvalue weighted by atomic mass is 79.9. The van der Waals surface area contributed by atoms with Gasteiger partial charge < -0.3 is 0 Å². The van der Waals surface area contributed by atoms with Gasteiger partial charge in [-0.2, -0.15) is 0 Å². The quantitative estimate of drug-likeness (QED) is 0.930. The van der Waals surface area contributed by atoms with Crippen molar-refractivity contribution in [3.05, 3.63) is 58.3 Å². The second-order valence-corrected chi connectivity index (χ2v) is 6.65. The number of aromatic nitrogens is 1. The molecular formula is C13H13BrN2O2S. The molecule has 0 amide bonds. The average Bonchev–Trinajstić information content (AvgIpc) is 2.38. The van der Waals surface area contributed by atoms with Crippen molar-refractivity contribution in [3.63, 3.8) is 0 Å². The average molecular weight is 341 g/mol. The smallest absolute Gasteiger partial charge is 0.241 e. The van der Waals surface area contributed by atoms with Crippen LogP contribution in [0.1, 0.15) is 11.1 Å². The fraction of sp³-hybridized carbons (Fsp3) is 0.154. The molecule has 0 radical (unpaired) electrons. The van der Waals surface area contributed by atoms with E-state index in [0.717, 1.165) is 11.1 Å². The summed E-state index contributed by atoms with van der Waals surface area (Å²) in [6, 6.07) is 8.57. The number of sulfonamides is 1. The lowest BCUT2D eigenvalue weighted by Crippen LogP contribution is -2.24. The number of rotatable bonds is 4. The number of aryl methyl sites for hydroxylation is 1. The van der Waals surface area contributed by atoms with Crippen LogP contribution in [-0.4, -0.2) is 13.4 Å². The monoisotopic (exact) mass is 340 g/mol. The van der Waals surface area contributed by atoms with Crippen LogP contribution < -0.4 is 4.72 Å². The lowest BCUT2D eigenvalue weighted by molar-refractivity contribution is 0.580. The molecule has 0 atom stereocenters. The summed E-state index contributed by atoms with van der Waals surface area (Å²) in [5.74, 6) is 0. The topological polar surface area (TPSA) is 59.1 Å². The Morgan fingerprint density at radius 1 is 1.26 bits per heavy atom. The van der Waals surface area contributed by atoms with Crippen molar-refractivity contribution in [2.45, 2.75) is 18.4 Å². The van der Waals surface area contributed by atoms with Crippen molar-refractivity contribution < 1.29 is 8.42 Å². The van der Waals surface area contributed by atoms with Gasteiger partial charge in [-0.15, -0.1) is 0 Å². The Kier molecular flexibility index (Phi) is 4.34. The Labute approximate surface area is 121 Å². The molecule has 0 fully saturated rings. The fourth-order valence-electron chi connectivity index (χ4n) is 1.59. The molecule has 0 saturated carbocycles. The molecule has 0 unspecified atom stereocenters. The van der Waals surface area contributed by atoms with Gasteiger partial charge >= 0.3 is 0 Å².